The second-order valence-corrected chi connectivity index (χ2v) is 5.50. The van der Waals surface area contributed by atoms with Crippen LogP contribution in [0.15, 0.2) is 18.2 Å². The van der Waals surface area contributed by atoms with Crippen LogP contribution >= 0.6 is 11.6 Å². The van der Waals surface area contributed by atoms with Gasteiger partial charge in [0.2, 0.25) is 0 Å². The molecule has 0 aliphatic rings. The summed E-state index contributed by atoms with van der Waals surface area (Å²) in [6.07, 6.45) is 0. The van der Waals surface area contributed by atoms with Crippen molar-refractivity contribution in [3.63, 3.8) is 0 Å². The van der Waals surface area contributed by atoms with E-state index in [2.05, 4.69) is 0 Å². The van der Waals surface area contributed by atoms with Crippen LogP contribution in [0.4, 0.5) is 5.69 Å². The summed E-state index contributed by atoms with van der Waals surface area (Å²) in [7, 11) is 3.83. The van der Waals surface area contributed by atoms with Gasteiger partial charge < -0.3 is 9.80 Å². The van der Waals surface area contributed by atoms with E-state index in [1.54, 1.807) is 11.0 Å². The molecule has 0 heterocycles. The molecule has 0 saturated carbocycles. The lowest BCUT2D eigenvalue weighted by atomic mass is 10.1. The molecule has 0 saturated heterocycles. The third-order valence-electron chi connectivity index (χ3n) is 3.16. The molecule has 0 fully saturated rings. The maximum absolute atomic E-state index is 12.6. The number of likely N-dealkylation sites (N-methyl/N-ethyl adjacent to an activating group) is 2. The lowest BCUT2D eigenvalue weighted by Gasteiger charge is -2.30. The summed E-state index contributed by atoms with van der Waals surface area (Å²) in [5, 5.41) is 11.1. The third kappa shape index (κ3) is 4.15. The van der Waals surface area contributed by atoms with Crippen LogP contribution < -0.4 is 0 Å². The molecule has 0 spiro atoms. The highest BCUT2D eigenvalue weighted by atomic mass is 35.5. The average molecular weight is 314 g/mol. The standard InChI is InChI=1S/C14H20ClN3O3/c1-5-17(10(2)9-16(3)4)14(19)11-7-6-8-12(15)13(11)18(20)21/h6-8,10H,5,9H2,1-4H3. The van der Waals surface area contributed by atoms with Crippen molar-refractivity contribution in [3.05, 3.63) is 38.9 Å². The highest BCUT2D eigenvalue weighted by Gasteiger charge is 2.28. The number of amides is 1. The van der Waals surface area contributed by atoms with E-state index in [4.69, 9.17) is 11.6 Å². The van der Waals surface area contributed by atoms with Gasteiger partial charge in [-0.2, -0.15) is 0 Å². The van der Waals surface area contributed by atoms with Gasteiger partial charge in [-0.25, -0.2) is 0 Å². The lowest BCUT2D eigenvalue weighted by molar-refractivity contribution is -0.385. The van der Waals surface area contributed by atoms with Crippen LogP contribution in [0.5, 0.6) is 0 Å². The number of carbonyl (C=O) groups excluding carboxylic acids is 1. The number of nitro groups is 1. The number of nitrogens with zero attached hydrogens (tertiary/aromatic N) is 3. The van der Waals surface area contributed by atoms with E-state index in [0.717, 1.165) is 0 Å². The first kappa shape index (κ1) is 17.4. The molecule has 0 aromatic heterocycles. The Labute approximate surface area is 129 Å². The van der Waals surface area contributed by atoms with Gasteiger partial charge >= 0.3 is 5.69 Å². The van der Waals surface area contributed by atoms with E-state index in [9.17, 15) is 14.9 Å². The minimum atomic E-state index is -0.611. The first-order valence-electron chi connectivity index (χ1n) is 6.68. The van der Waals surface area contributed by atoms with Crippen LogP contribution in [-0.4, -0.2) is 53.9 Å². The normalized spacial score (nSPS) is 12.3. The average Bonchev–Trinajstić information content (AvgIpc) is 2.37. The minimum absolute atomic E-state index is 0.0258. The molecule has 1 amide bonds. The van der Waals surface area contributed by atoms with Crippen molar-refractivity contribution in [3.8, 4) is 0 Å². The van der Waals surface area contributed by atoms with Crippen molar-refractivity contribution < 1.29 is 9.72 Å². The fraction of sp³-hybridized carbons (Fsp3) is 0.500. The zero-order chi connectivity index (χ0) is 16.2. The number of rotatable bonds is 6. The molecule has 1 unspecified atom stereocenters. The molecule has 1 atom stereocenters. The van der Waals surface area contributed by atoms with Gasteiger partial charge in [0.1, 0.15) is 10.6 Å². The molecule has 0 aliphatic carbocycles. The summed E-state index contributed by atoms with van der Waals surface area (Å²) in [5.41, 5.74) is -0.306. The predicted octanol–water partition coefficient (Wildman–Crippen LogP) is 2.66. The van der Waals surface area contributed by atoms with Gasteiger partial charge in [0.15, 0.2) is 0 Å². The van der Waals surface area contributed by atoms with Crippen LogP contribution in [0.1, 0.15) is 24.2 Å². The third-order valence-corrected chi connectivity index (χ3v) is 3.47. The van der Waals surface area contributed by atoms with E-state index < -0.39 is 4.92 Å². The number of hydrogen-bond donors (Lipinski definition) is 0. The Morgan fingerprint density at radius 2 is 2.05 bits per heavy atom. The molecule has 1 rings (SSSR count). The number of nitro benzene ring substituents is 1. The Morgan fingerprint density at radius 1 is 1.43 bits per heavy atom. The maximum Gasteiger partial charge on any atom is 0.300 e. The number of hydrogen-bond acceptors (Lipinski definition) is 4. The van der Waals surface area contributed by atoms with Crippen LogP contribution in [-0.2, 0) is 0 Å². The SMILES string of the molecule is CCN(C(=O)c1cccc(Cl)c1[N+](=O)[O-])C(C)CN(C)C. The number of halogens is 1. The van der Waals surface area contributed by atoms with Crippen molar-refractivity contribution >= 4 is 23.2 Å². The van der Waals surface area contributed by atoms with Gasteiger partial charge in [0.05, 0.1) is 4.92 Å². The van der Waals surface area contributed by atoms with Crippen LogP contribution in [0.25, 0.3) is 0 Å². The predicted molar refractivity (Wildman–Crippen MR) is 82.8 cm³/mol. The summed E-state index contributed by atoms with van der Waals surface area (Å²) >= 11 is 5.86. The Kier molecular flexibility index (Phi) is 6.11. The monoisotopic (exact) mass is 313 g/mol. The second kappa shape index (κ2) is 7.38. The molecule has 0 radical (unpaired) electrons. The zero-order valence-corrected chi connectivity index (χ0v) is 13.4. The van der Waals surface area contributed by atoms with Crippen LogP contribution in [0.3, 0.4) is 0 Å². The molecule has 21 heavy (non-hydrogen) atoms. The fourth-order valence-corrected chi connectivity index (χ4v) is 2.55. The number of benzene rings is 1. The Hall–Kier alpha value is -1.66. The molecule has 0 aliphatic heterocycles. The Balaban J connectivity index is 3.17. The van der Waals surface area contributed by atoms with Crippen LogP contribution in [0.2, 0.25) is 5.02 Å². The molecule has 1 aromatic carbocycles. The van der Waals surface area contributed by atoms with Crippen molar-refractivity contribution in [1.29, 1.82) is 0 Å². The van der Waals surface area contributed by atoms with Gasteiger partial charge in [-0.1, -0.05) is 17.7 Å². The zero-order valence-electron chi connectivity index (χ0n) is 12.7. The van der Waals surface area contributed by atoms with Crippen molar-refractivity contribution in [2.75, 3.05) is 27.2 Å². The van der Waals surface area contributed by atoms with E-state index in [-0.39, 0.29) is 28.2 Å². The number of para-hydroxylation sites is 1. The summed E-state index contributed by atoms with van der Waals surface area (Å²) in [6.45, 7) is 4.91. The summed E-state index contributed by atoms with van der Waals surface area (Å²) in [6, 6.07) is 4.34. The van der Waals surface area contributed by atoms with Gasteiger partial charge in [-0.15, -0.1) is 0 Å². The summed E-state index contributed by atoms with van der Waals surface area (Å²) in [4.78, 5) is 26.7. The highest BCUT2D eigenvalue weighted by molar-refractivity contribution is 6.33. The highest BCUT2D eigenvalue weighted by Crippen LogP contribution is 2.29. The molecule has 116 valence electrons. The van der Waals surface area contributed by atoms with E-state index in [1.165, 1.54) is 12.1 Å². The van der Waals surface area contributed by atoms with E-state index in [0.29, 0.717) is 13.1 Å². The van der Waals surface area contributed by atoms with Crippen LogP contribution in [0, 0.1) is 10.1 Å². The molecular formula is C14H20ClN3O3. The maximum atomic E-state index is 12.6. The molecular weight excluding hydrogens is 294 g/mol. The molecule has 0 N–H and O–H groups in total. The van der Waals surface area contributed by atoms with E-state index >= 15 is 0 Å². The van der Waals surface area contributed by atoms with E-state index in [1.807, 2.05) is 32.8 Å². The lowest BCUT2D eigenvalue weighted by Crippen LogP contribution is -2.43. The van der Waals surface area contributed by atoms with Gasteiger partial charge in [0.25, 0.3) is 5.91 Å². The first-order valence-corrected chi connectivity index (χ1v) is 7.06. The minimum Gasteiger partial charge on any atom is -0.335 e. The Bertz CT molecular complexity index is 534. The molecule has 1 aromatic rings. The molecule has 6 nitrogen and oxygen atoms in total. The Morgan fingerprint density at radius 3 is 2.52 bits per heavy atom. The molecule has 7 heteroatoms. The van der Waals surface area contributed by atoms with Crippen molar-refractivity contribution in [2.24, 2.45) is 0 Å². The fourth-order valence-electron chi connectivity index (χ4n) is 2.31. The smallest absolute Gasteiger partial charge is 0.300 e. The largest absolute Gasteiger partial charge is 0.335 e. The summed E-state index contributed by atoms with van der Waals surface area (Å²) in [5.74, 6) is -0.374. The quantitative estimate of drug-likeness (QED) is 0.598. The topological polar surface area (TPSA) is 66.7 Å². The first-order chi connectivity index (χ1) is 9.79. The summed E-state index contributed by atoms with van der Waals surface area (Å²) < 4.78 is 0. The van der Waals surface area contributed by atoms with Gasteiger partial charge in [0, 0.05) is 19.1 Å². The van der Waals surface area contributed by atoms with Gasteiger partial charge in [-0.3, -0.25) is 14.9 Å². The van der Waals surface area contributed by atoms with Gasteiger partial charge in [-0.05, 0) is 40.1 Å². The second-order valence-electron chi connectivity index (χ2n) is 5.10. The van der Waals surface area contributed by atoms with Crippen molar-refractivity contribution in [2.45, 2.75) is 19.9 Å². The molecule has 0 bridgehead atoms. The van der Waals surface area contributed by atoms with Crippen molar-refractivity contribution in [1.82, 2.24) is 9.80 Å². The number of carbonyl (C=O) groups is 1.